The minimum Gasteiger partial charge on any atom is -0.497 e. The Balaban J connectivity index is 2.69. The van der Waals surface area contributed by atoms with Crippen molar-refractivity contribution in [3.63, 3.8) is 0 Å². The summed E-state index contributed by atoms with van der Waals surface area (Å²) in [5.41, 5.74) is 0.338. The van der Waals surface area contributed by atoms with Crippen LogP contribution in [0.4, 0.5) is 5.69 Å². The number of hydrogen-bond acceptors (Lipinski definition) is 3. The molecule has 2 N–H and O–H groups in total. The van der Waals surface area contributed by atoms with Crippen molar-refractivity contribution >= 4 is 17.6 Å². The van der Waals surface area contributed by atoms with Gasteiger partial charge >= 0.3 is 5.97 Å². The predicted octanol–water partition coefficient (Wildman–Crippen LogP) is 3.30. The van der Waals surface area contributed by atoms with Crippen LogP contribution in [0, 0.1) is 0 Å². The molecular formula is C15H21NO4. The Morgan fingerprint density at radius 2 is 2.00 bits per heavy atom. The molecule has 5 nitrogen and oxygen atoms in total. The highest BCUT2D eigenvalue weighted by Crippen LogP contribution is 2.23. The molecule has 0 saturated heterocycles. The van der Waals surface area contributed by atoms with Crippen molar-refractivity contribution in [3.05, 3.63) is 23.8 Å². The van der Waals surface area contributed by atoms with Crippen LogP contribution in [0.2, 0.25) is 0 Å². The van der Waals surface area contributed by atoms with Gasteiger partial charge in [0.15, 0.2) is 0 Å². The van der Waals surface area contributed by atoms with Gasteiger partial charge in [0.1, 0.15) is 5.75 Å². The van der Waals surface area contributed by atoms with Gasteiger partial charge in [0.25, 0.3) is 0 Å². The molecule has 0 fully saturated rings. The van der Waals surface area contributed by atoms with E-state index in [-0.39, 0.29) is 17.2 Å². The van der Waals surface area contributed by atoms with E-state index in [0.717, 1.165) is 25.7 Å². The highest BCUT2D eigenvalue weighted by atomic mass is 16.5. The fraction of sp³-hybridized carbons (Fsp3) is 0.467. The molecule has 0 aliphatic rings. The standard InChI is InChI=1S/C15H21NO4/c1-3-4-5-6-7-14(17)16-13-10-11(20-2)8-9-12(13)15(18)19/h8-10H,3-7H2,1-2H3,(H,16,17)(H,18,19). The van der Waals surface area contributed by atoms with Gasteiger partial charge in [-0.05, 0) is 18.6 Å². The van der Waals surface area contributed by atoms with E-state index < -0.39 is 5.97 Å². The number of carboxylic acids is 1. The number of benzene rings is 1. The molecular weight excluding hydrogens is 258 g/mol. The Hall–Kier alpha value is -2.04. The smallest absolute Gasteiger partial charge is 0.337 e. The van der Waals surface area contributed by atoms with E-state index in [0.29, 0.717) is 12.2 Å². The van der Waals surface area contributed by atoms with Crippen LogP contribution < -0.4 is 10.1 Å². The minimum atomic E-state index is -1.08. The Morgan fingerprint density at radius 1 is 1.25 bits per heavy atom. The molecule has 0 aliphatic carbocycles. The zero-order chi connectivity index (χ0) is 15.0. The normalized spacial score (nSPS) is 10.1. The number of carbonyl (C=O) groups is 2. The first-order valence-corrected chi connectivity index (χ1v) is 6.79. The highest BCUT2D eigenvalue weighted by Gasteiger charge is 2.13. The lowest BCUT2D eigenvalue weighted by Gasteiger charge is -2.10. The van der Waals surface area contributed by atoms with Crippen LogP contribution in [0.15, 0.2) is 18.2 Å². The van der Waals surface area contributed by atoms with Gasteiger partial charge in [-0.25, -0.2) is 4.79 Å². The van der Waals surface area contributed by atoms with Crippen LogP contribution in [0.25, 0.3) is 0 Å². The minimum absolute atomic E-state index is 0.0627. The van der Waals surface area contributed by atoms with E-state index in [9.17, 15) is 9.59 Å². The molecule has 0 aliphatic heterocycles. The monoisotopic (exact) mass is 279 g/mol. The van der Waals surface area contributed by atoms with E-state index in [2.05, 4.69) is 12.2 Å². The topological polar surface area (TPSA) is 75.6 Å². The maximum Gasteiger partial charge on any atom is 0.337 e. The molecule has 0 bridgehead atoms. The Kier molecular flexibility index (Phi) is 6.56. The lowest BCUT2D eigenvalue weighted by Crippen LogP contribution is -2.14. The molecule has 0 aromatic heterocycles. The van der Waals surface area contributed by atoms with Crippen LogP contribution >= 0.6 is 0 Å². The molecule has 0 spiro atoms. The van der Waals surface area contributed by atoms with E-state index in [1.807, 2.05) is 0 Å². The van der Waals surface area contributed by atoms with Crippen LogP contribution in [0.1, 0.15) is 49.4 Å². The molecule has 0 unspecified atom stereocenters. The van der Waals surface area contributed by atoms with Gasteiger partial charge in [0.05, 0.1) is 18.4 Å². The Morgan fingerprint density at radius 3 is 2.60 bits per heavy atom. The van der Waals surface area contributed by atoms with Crippen LogP contribution in [-0.2, 0) is 4.79 Å². The molecule has 0 saturated carbocycles. The summed E-state index contributed by atoms with van der Waals surface area (Å²) in [6, 6.07) is 4.50. The second-order valence-corrected chi connectivity index (χ2v) is 4.58. The summed E-state index contributed by atoms with van der Waals surface area (Å²) >= 11 is 0. The van der Waals surface area contributed by atoms with Crippen molar-refractivity contribution in [1.82, 2.24) is 0 Å². The van der Waals surface area contributed by atoms with E-state index in [4.69, 9.17) is 9.84 Å². The molecule has 1 amide bonds. The van der Waals surface area contributed by atoms with Gasteiger partial charge in [0.2, 0.25) is 5.91 Å². The number of ether oxygens (including phenoxy) is 1. The second kappa shape index (κ2) is 8.19. The summed E-state index contributed by atoms with van der Waals surface area (Å²) in [6.07, 6.45) is 4.43. The summed E-state index contributed by atoms with van der Waals surface area (Å²) in [4.78, 5) is 22.9. The van der Waals surface area contributed by atoms with Gasteiger partial charge in [-0.1, -0.05) is 26.2 Å². The third-order valence-corrected chi connectivity index (χ3v) is 2.99. The summed E-state index contributed by atoms with van der Waals surface area (Å²) in [7, 11) is 1.49. The average molecular weight is 279 g/mol. The Labute approximate surface area is 118 Å². The number of aromatic carboxylic acids is 1. The lowest BCUT2D eigenvalue weighted by molar-refractivity contribution is -0.116. The molecule has 5 heteroatoms. The fourth-order valence-corrected chi connectivity index (χ4v) is 1.87. The van der Waals surface area contributed by atoms with E-state index in [1.54, 1.807) is 6.07 Å². The van der Waals surface area contributed by atoms with Crippen LogP contribution in [0.5, 0.6) is 5.75 Å². The largest absolute Gasteiger partial charge is 0.497 e. The number of amides is 1. The first-order chi connectivity index (χ1) is 9.58. The number of carboxylic acid groups (broad SMARTS) is 1. The molecule has 0 heterocycles. The molecule has 20 heavy (non-hydrogen) atoms. The van der Waals surface area contributed by atoms with Gasteiger partial charge < -0.3 is 15.2 Å². The number of methoxy groups -OCH3 is 1. The number of nitrogens with one attached hydrogen (secondary N) is 1. The van der Waals surface area contributed by atoms with E-state index >= 15 is 0 Å². The number of hydrogen-bond donors (Lipinski definition) is 2. The van der Waals surface area contributed by atoms with Crippen molar-refractivity contribution in [2.24, 2.45) is 0 Å². The summed E-state index contributed by atoms with van der Waals surface area (Å²) < 4.78 is 5.04. The molecule has 110 valence electrons. The number of anilines is 1. The third-order valence-electron chi connectivity index (χ3n) is 2.99. The quantitative estimate of drug-likeness (QED) is 0.716. The third kappa shape index (κ3) is 4.91. The average Bonchev–Trinajstić information content (AvgIpc) is 2.43. The fourth-order valence-electron chi connectivity index (χ4n) is 1.87. The number of unbranched alkanes of at least 4 members (excludes halogenated alkanes) is 3. The first-order valence-electron chi connectivity index (χ1n) is 6.79. The molecule has 1 rings (SSSR count). The lowest BCUT2D eigenvalue weighted by atomic mass is 10.1. The SMILES string of the molecule is CCCCCCC(=O)Nc1cc(OC)ccc1C(=O)O. The summed E-state index contributed by atoms with van der Waals surface area (Å²) in [6.45, 7) is 2.11. The summed E-state index contributed by atoms with van der Waals surface area (Å²) in [5, 5.41) is 11.7. The van der Waals surface area contributed by atoms with Crippen molar-refractivity contribution < 1.29 is 19.4 Å². The molecule has 0 radical (unpaired) electrons. The van der Waals surface area contributed by atoms with Gasteiger partial charge in [0, 0.05) is 12.5 Å². The maximum absolute atomic E-state index is 11.8. The van der Waals surface area contributed by atoms with Crippen LogP contribution in [0.3, 0.4) is 0 Å². The molecule has 1 aromatic rings. The molecule has 1 aromatic carbocycles. The molecule has 0 atom stereocenters. The van der Waals surface area contributed by atoms with Crippen LogP contribution in [-0.4, -0.2) is 24.1 Å². The van der Waals surface area contributed by atoms with Gasteiger partial charge in [-0.3, -0.25) is 4.79 Å². The number of carbonyl (C=O) groups excluding carboxylic acids is 1. The van der Waals surface area contributed by atoms with Crippen molar-refractivity contribution in [1.29, 1.82) is 0 Å². The zero-order valence-electron chi connectivity index (χ0n) is 11.9. The highest BCUT2D eigenvalue weighted by molar-refractivity contribution is 6.00. The Bertz CT molecular complexity index is 471. The zero-order valence-corrected chi connectivity index (χ0v) is 11.9. The van der Waals surface area contributed by atoms with Crippen molar-refractivity contribution in [3.8, 4) is 5.75 Å². The van der Waals surface area contributed by atoms with Gasteiger partial charge in [-0.15, -0.1) is 0 Å². The number of rotatable bonds is 8. The van der Waals surface area contributed by atoms with Crippen molar-refractivity contribution in [2.45, 2.75) is 39.0 Å². The van der Waals surface area contributed by atoms with Crippen molar-refractivity contribution in [2.75, 3.05) is 12.4 Å². The summed E-state index contributed by atoms with van der Waals surface area (Å²) in [5.74, 6) is -0.734. The first kappa shape index (κ1) is 16.0. The van der Waals surface area contributed by atoms with Gasteiger partial charge in [-0.2, -0.15) is 0 Å². The predicted molar refractivity (Wildman–Crippen MR) is 77.3 cm³/mol. The second-order valence-electron chi connectivity index (χ2n) is 4.58. The van der Waals surface area contributed by atoms with E-state index in [1.165, 1.54) is 19.2 Å². The maximum atomic E-state index is 11.8.